The highest BCUT2D eigenvalue weighted by atomic mass is 31.2. The van der Waals surface area contributed by atoms with Crippen LogP contribution in [0.15, 0.2) is 72.9 Å². The molecular weight excluding hydrogens is 811 g/mol. The van der Waals surface area contributed by atoms with Crippen molar-refractivity contribution >= 4 is 19.8 Å². The Hall–Kier alpha value is -2.79. The van der Waals surface area contributed by atoms with Gasteiger partial charge in [0.15, 0.2) is 6.10 Å². The molecule has 350 valence electrons. The molecule has 8 N–H and O–H groups in total. The number of unbranched alkanes of at least 4 members (excludes halogenated alkanes) is 8. The average molecular weight is 887 g/mol. The van der Waals surface area contributed by atoms with Gasteiger partial charge in [0.2, 0.25) is 0 Å². The molecule has 0 amide bonds. The van der Waals surface area contributed by atoms with E-state index in [9.17, 15) is 54.8 Å². The normalized spacial score (nSPS) is 23.8. The van der Waals surface area contributed by atoms with Gasteiger partial charge in [0, 0.05) is 12.8 Å². The van der Waals surface area contributed by atoms with Crippen LogP contribution in [0.25, 0.3) is 0 Å². The molecule has 0 heterocycles. The number of allylic oxidation sites excluding steroid dienone is 10. The summed E-state index contributed by atoms with van der Waals surface area (Å²) in [4.78, 5) is 35.6. The zero-order valence-electron chi connectivity index (χ0n) is 36.1. The Morgan fingerprint density at radius 1 is 0.590 bits per heavy atom. The molecular formula is C45H75O15P. The van der Waals surface area contributed by atoms with Gasteiger partial charge in [0.05, 0.1) is 18.8 Å². The highest BCUT2D eigenvalue weighted by molar-refractivity contribution is 7.47. The highest BCUT2D eigenvalue weighted by Crippen LogP contribution is 2.47. The van der Waals surface area contributed by atoms with Crippen molar-refractivity contribution in [3.05, 3.63) is 72.9 Å². The molecule has 61 heavy (non-hydrogen) atoms. The van der Waals surface area contributed by atoms with Crippen LogP contribution in [0.4, 0.5) is 0 Å². The van der Waals surface area contributed by atoms with E-state index in [1.54, 1.807) is 24.3 Å². The predicted molar refractivity (Wildman–Crippen MR) is 233 cm³/mol. The second-order valence-corrected chi connectivity index (χ2v) is 16.6. The summed E-state index contributed by atoms with van der Waals surface area (Å²) < 4.78 is 33.3. The van der Waals surface area contributed by atoms with Crippen molar-refractivity contribution in [1.29, 1.82) is 0 Å². The van der Waals surface area contributed by atoms with Gasteiger partial charge in [0.1, 0.15) is 43.2 Å². The van der Waals surface area contributed by atoms with Crippen LogP contribution in [0.5, 0.6) is 0 Å². The molecule has 10 atom stereocenters. The van der Waals surface area contributed by atoms with Gasteiger partial charge in [-0.15, -0.1) is 0 Å². The first kappa shape index (κ1) is 56.2. The lowest BCUT2D eigenvalue weighted by molar-refractivity contribution is -0.220. The lowest BCUT2D eigenvalue weighted by Crippen LogP contribution is -2.64. The smallest absolute Gasteiger partial charge is 0.462 e. The third-order valence-electron chi connectivity index (χ3n) is 9.71. The van der Waals surface area contributed by atoms with Crippen LogP contribution < -0.4 is 0 Å². The molecule has 0 radical (unpaired) electrons. The van der Waals surface area contributed by atoms with E-state index in [-0.39, 0.29) is 25.7 Å². The third kappa shape index (κ3) is 27.8. The van der Waals surface area contributed by atoms with E-state index < -0.39 is 87.9 Å². The lowest BCUT2D eigenvalue weighted by Gasteiger charge is -2.41. The van der Waals surface area contributed by atoms with Crippen molar-refractivity contribution in [3.63, 3.8) is 0 Å². The SMILES string of the molecule is CCC/C=C\C/C=C\CCCCCCCC(=O)OC[C@H](COP(=O)(O)OC1[C@H](O)[C@H](O)C(O)[C@H](O)[C@H]1O)OC(=O)CCC[C@H](O)/C=C/C=C\C/C=C\C=C\[C@H](O)CCCCC. The molecule has 0 aromatic rings. The number of phosphoric acid groups is 1. The number of hydrogen-bond acceptors (Lipinski definition) is 14. The van der Waals surface area contributed by atoms with Gasteiger partial charge in [-0.05, 0) is 57.8 Å². The van der Waals surface area contributed by atoms with E-state index in [0.29, 0.717) is 12.8 Å². The summed E-state index contributed by atoms with van der Waals surface area (Å²) in [5.41, 5.74) is 0. The van der Waals surface area contributed by atoms with Crippen molar-refractivity contribution in [2.45, 2.75) is 184 Å². The number of carbonyl (C=O) groups excluding carboxylic acids is 2. The minimum atomic E-state index is -5.19. The Kier molecular flexibility index (Phi) is 32.0. The Morgan fingerprint density at radius 2 is 1.13 bits per heavy atom. The van der Waals surface area contributed by atoms with Crippen molar-refractivity contribution in [3.8, 4) is 0 Å². The van der Waals surface area contributed by atoms with Crippen LogP contribution in [0, 0.1) is 0 Å². The van der Waals surface area contributed by atoms with Gasteiger partial charge < -0.3 is 50.1 Å². The second-order valence-electron chi connectivity index (χ2n) is 15.2. The summed E-state index contributed by atoms with van der Waals surface area (Å²) >= 11 is 0. The van der Waals surface area contributed by atoms with Gasteiger partial charge >= 0.3 is 19.8 Å². The molecule has 0 saturated heterocycles. The van der Waals surface area contributed by atoms with E-state index in [1.807, 2.05) is 24.3 Å². The maximum atomic E-state index is 12.8. The second kappa shape index (κ2) is 34.7. The van der Waals surface area contributed by atoms with Gasteiger partial charge in [-0.25, -0.2) is 4.57 Å². The third-order valence-corrected chi connectivity index (χ3v) is 10.7. The van der Waals surface area contributed by atoms with Crippen LogP contribution in [-0.4, -0.2) is 121 Å². The molecule has 0 aromatic carbocycles. The van der Waals surface area contributed by atoms with E-state index in [4.69, 9.17) is 18.5 Å². The van der Waals surface area contributed by atoms with Crippen molar-refractivity contribution in [2.24, 2.45) is 0 Å². The van der Waals surface area contributed by atoms with Gasteiger partial charge in [-0.1, -0.05) is 132 Å². The van der Waals surface area contributed by atoms with Gasteiger partial charge in [0.25, 0.3) is 0 Å². The predicted octanol–water partition coefficient (Wildman–Crippen LogP) is 5.88. The first-order valence-corrected chi connectivity index (χ1v) is 23.5. The van der Waals surface area contributed by atoms with E-state index >= 15 is 0 Å². The quantitative estimate of drug-likeness (QED) is 0.0124. The van der Waals surface area contributed by atoms with Crippen LogP contribution in [-0.2, 0) is 32.7 Å². The number of aliphatic hydroxyl groups is 7. The van der Waals surface area contributed by atoms with Gasteiger partial charge in [-0.2, -0.15) is 0 Å². The minimum absolute atomic E-state index is 0.0972. The fourth-order valence-electron chi connectivity index (χ4n) is 6.07. The molecule has 3 unspecified atom stereocenters. The number of hydrogen-bond donors (Lipinski definition) is 8. The molecule has 16 heteroatoms. The zero-order valence-corrected chi connectivity index (χ0v) is 37.0. The molecule has 0 aliphatic heterocycles. The molecule has 1 fully saturated rings. The summed E-state index contributed by atoms with van der Waals surface area (Å²) in [7, 11) is -5.19. The first-order chi connectivity index (χ1) is 29.2. The number of aliphatic hydroxyl groups excluding tert-OH is 7. The minimum Gasteiger partial charge on any atom is -0.462 e. The van der Waals surface area contributed by atoms with E-state index in [0.717, 1.165) is 77.0 Å². The molecule has 1 aliphatic rings. The molecule has 0 spiro atoms. The standard InChI is InChI=1S/C45H75O15P/c1-3-5-7-8-9-10-11-12-13-14-18-21-25-31-38(48)57-33-37(34-58-61(55,56)60-45-43(53)41(51)40(50)42(52)44(45)54)59-39(49)32-26-30-36(47)29-24-20-17-15-16-19-23-28-35(46)27-22-6-4-2/h7-8,10-11,16-17,19-20,23-24,28-29,35-37,40-47,50-54H,3-6,9,12-15,18,21-22,25-27,30-34H2,1-2H3,(H,55,56)/b8-7-,11-10-,19-16-,20-17-,28-23+,29-24+/t35-,36-,37-,40?,41-,42+,43-,44-,45?/m1/s1. The van der Waals surface area contributed by atoms with Crippen molar-refractivity contribution in [2.75, 3.05) is 13.2 Å². The van der Waals surface area contributed by atoms with Crippen LogP contribution >= 0.6 is 7.82 Å². The van der Waals surface area contributed by atoms with Crippen LogP contribution in [0.3, 0.4) is 0 Å². The lowest BCUT2D eigenvalue weighted by atomic mass is 9.85. The van der Waals surface area contributed by atoms with Crippen LogP contribution in [0.1, 0.15) is 129 Å². The number of rotatable bonds is 34. The summed E-state index contributed by atoms with van der Waals surface area (Å²) in [6.07, 6.45) is 21.6. The summed E-state index contributed by atoms with van der Waals surface area (Å²) in [6.45, 7) is 2.90. The van der Waals surface area contributed by atoms with Crippen molar-refractivity contribution < 1.29 is 73.3 Å². The largest absolute Gasteiger partial charge is 0.472 e. The van der Waals surface area contributed by atoms with E-state index in [1.165, 1.54) is 0 Å². The first-order valence-electron chi connectivity index (χ1n) is 22.0. The molecule has 0 bridgehead atoms. The summed E-state index contributed by atoms with van der Waals surface area (Å²) in [5.74, 6) is -1.35. The molecule has 1 aliphatic carbocycles. The van der Waals surface area contributed by atoms with E-state index in [2.05, 4.69) is 38.2 Å². The van der Waals surface area contributed by atoms with Crippen LogP contribution in [0.2, 0.25) is 0 Å². The van der Waals surface area contributed by atoms with Gasteiger partial charge in [-0.3, -0.25) is 18.6 Å². The monoisotopic (exact) mass is 886 g/mol. The summed E-state index contributed by atoms with van der Waals surface area (Å²) in [5, 5.41) is 70.3. The maximum absolute atomic E-state index is 12.8. The Labute approximate surface area is 362 Å². The fraction of sp³-hybridized carbons (Fsp3) is 0.689. The Bertz CT molecular complexity index is 1380. The highest BCUT2D eigenvalue weighted by Gasteiger charge is 2.51. The molecule has 15 nitrogen and oxygen atoms in total. The fourth-order valence-corrected chi connectivity index (χ4v) is 7.04. The topological polar surface area (TPSA) is 250 Å². The number of ether oxygens (including phenoxy) is 2. The Morgan fingerprint density at radius 3 is 1.75 bits per heavy atom. The zero-order chi connectivity index (χ0) is 45.3. The number of esters is 2. The number of carbonyl (C=O) groups is 2. The molecule has 1 rings (SSSR count). The van der Waals surface area contributed by atoms with Crippen molar-refractivity contribution in [1.82, 2.24) is 0 Å². The Balaban J connectivity index is 2.62. The number of phosphoric ester groups is 1. The maximum Gasteiger partial charge on any atom is 0.472 e. The molecule has 1 saturated carbocycles. The average Bonchev–Trinajstić information content (AvgIpc) is 3.23. The molecule has 0 aromatic heterocycles. The summed E-state index contributed by atoms with van der Waals surface area (Å²) in [6, 6.07) is 0.